The van der Waals surface area contributed by atoms with Crippen LogP contribution in [0.3, 0.4) is 0 Å². The molecule has 0 saturated carbocycles. The first-order valence-corrected chi connectivity index (χ1v) is 7.90. The van der Waals surface area contributed by atoms with Crippen molar-refractivity contribution < 1.29 is 23.1 Å². The van der Waals surface area contributed by atoms with Crippen molar-refractivity contribution in [3.63, 3.8) is 0 Å². The van der Waals surface area contributed by atoms with Gasteiger partial charge in [-0.25, -0.2) is 4.79 Å². The van der Waals surface area contributed by atoms with Crippen LogP contribution in [0.1, 0.15) is 64.7 Å². The molecule has 0 aliphatic carbocycles. The third kappa shape index (κ3) is 12.7. The SMILES string of the molecule is CCCCCCCCN1CCCCC1.O=C(O)C(F)(F)F. The zero-order valence-corrected chi connectivity index (χ0v) is 12.9. The van der Waals surface area contributed by atoms with Gasteiger partial charge in [-0.05, 0) is 38.9 Å². The summed E-state index contributed by atoms with van der Waals surface area (Å²) in [5.74, 6) is -2.76. The van der Waals surface area contributed by atoms with E-state index in [4.69, 9.17) is 9.90 Å². The second-order valence-corrected chi connectivity index (χ2v) is 5.47. The zero-order chi connectivity index (χ0) is 16.1. The fraction of sp³-hybridized carbons (Fsp3) is 0.933. The average molecular weight is 311 g/mol. The number of alkyl halides is 3. The summed E-state index contributed by atoms with van der Waals surface area (Å²) in [6, 6.07) is 0. The summed E-state index contributed by atoms with van der Waals surface area (Å²) in [5.41, 5.74) is 0. The van der Waals surface area contributed by atoms with Crippen molar-refractivity contribution in [2.24, 2.45) is 0 Å². The molecule has 3 nitrogen and oxygen atoms in total. The molecule has 126 valence electrons. The standard InChI is InChI=1S/C13H27N.C2HF3O2/c1-2-3-4-5-6-8-11-14-12-9-7-10-13-14;3-2(4,5)1(6)7/h2-13H2,1H3;(H,6,7). The number of hydrogen-bond donors (Lipinski definition) is 1. The molecule has 6 heteroatoms. The predicted molar refractivity (Wildman–Crippen MR) is 77.4 cm³/mol. The molecule has 21 heavy (non-hydrogen) atoms. The molecule has 0 unspecified atom stereocenters. The molecule has 1 aliphatic heterocycles. The first-order valence-electron chi connectivity index (χ1n) is 7.90. The number of halogens is 3. The predicted octanol–water partition coefficient (Wildman–Crippen LogP) is 4.47. The lowest BCUT2D eigenvalue weighted by atomic mass is 10.1. The van der Waals surface area contributed by atoms with Gasteiger partial charge in [0.1, 0.15) is 0 Å². The Labute approximate surface area is 125 Å². The van der Waals surface area contributed by atoms with Crippen LogP contribution in [0.2, 0.25) is 0 Å². The Balaban J connectivity index is 0.000000486. The van der Waals surface area contributed by atoms with Crippen LogP contribution in [0, 0.1) is 0 Å². The molecular weight excluding hydrogens is 283 g/mol. The zero-order valence-electron chi connectivity index (χ0n) is 12.9. The van der Waals surface area contributed by atoms with Gasteiger partial charge >= 0.3 is 12.1 Å². The number of carboxylic acids is 1. The molecule has 1 fully saturated rings. The number of carbonyl (C=O) groups is 1. The topological polar surface area (TPSA) is 40.5 Å². The second kappa shape index (κ2) is 11.8. The summed E-state index contributed by atoms with van der Waals surface area (Å²) in [6.45, 7) is 6.39. The minimum Gasteiger partial charge on any atom is -0.475 e. The average Bonchev–Trinajstić information content (AvgIpc) is 2.43. The molecule has 1 heterocycles. The van der Waals surface area contributed by atoms with Gasteiger partial charge in [-0.1, -0.05) is 45.4 Å². The van der Waals surface area contributed by atoms with Gasteiger partial charge in [-0.3, -0.25) is 0 Å². The third-order valence-electron chi connectivity index (χ3n) is 3.52. The first kappa shape index (κ1) is 20.2. The van der Waals surface area contributed by atoms with Crippen LogP contribution >= 0.6 is 0 Å². The van der Waals surface area contributed by atoms with E-state index in [0.717, 1.165) is 0 Å². The Morgan fingerprint density at radius 2 is 1.48 bits per heavy atom. The number of nitrogens with zero attached hydrogens (tertiary/aromatic N) is 1. The largest absolute Gasteiger partial charge is 0.490 e. The fourth-order valence-corrected chi connectivity index (χ4v) is 2.30. The quantitative estimate of drug-likeness (QED) is 0.705. The van der Waals surface area contributed by atoms with E-state index in [0.29, 0.717) is 0 Å². The van der Waals surface area contributed by atoms with E-state index >= 15 is 0 Å². The lowest BCUT2D eigenvalue weighted by molar-refractivity contribution is -0.192. The summed E-state index contributed by atoms with van der Waals surface area (Å²) in [4.78, 5) is 11.6. The van der Waals surface area contributed by atoms with E-state index in [1.807, 2.05) is 0 Å². The van der Waals surface area contributed by atoms with Crippen molar-refractivity contribution in [2.75, 3.05) is 19.6 Å². The number of likely N-dealkylation sites (tertiary alicyclic amines) is 1. The van der Waals surface area contributed by atoms with E-state index in [-0.39, 0.29) is 0 Å². The van der Waals surface area contributed by atoms with Crippen molar-refractivity contribution in [1.29, 1.82) is 0 Å². The summed E-state index contributed by atoms with van der Waals surface area (Å²) in [5, 5.41) is 7.12. The van der Waals surface area contributed by atoms with Gasteiger partial charge in [0.15, 0.2) is 0 Å². The number of hydrogen-bond acceptors (Lipinski definition) is 2. The summed E-state index contributed by atoms with van der Waals surface area (Å²) in [6.07, 6.45) is 7.87. The maximum atomic E-state index is 10.6. The van der Waals surface area contributed by atoms with Gasteiger partial charge in [0.25, 0.3) is 0 Å². The number of piperidine rings is 1. The number of rotatable bonds is 7. The number of carboxylic acid groups (broad SMARTS) is 1. The molecule has 0 aromatic heterocycles. The second-order valence-electron chi connectivity index (χ2n) is 5.47. The van der Waals surface area contributed by atoms with Gasteiger partial charge in [0.05, 0.1) is 0 Å². The highest BCUT2D eigenvalue weighted by atomic mass is 19.4. The number of unbranched alkanes of at least 4 members (excludes halogenated alkanes) is 5. The highest BCUT2D eigenvalue weighted by molar-refractivity contribution is 5.73. The van der Waals surface area contributed by atoms with Crippen molar-refractivity contribution in [3.8, 4) is 0 Å². The van der Waals surface area contributed by atoms with E-state index in [9.17, 15) is 13.2 Å². The van der Waals surface area contributed by atoms with Crippen LogP contribution in [-0.2, 0) is 4.79 Å². The van der Waals surface area contributed by atoms with E-state index in [1.165, 1.54) is 77.4 Å². The van der Waals surface area contributed by atoms with Crippen molar-refractivity contribution in [1.82, 2.24) is 4.90 Å². The van der Waals surface area contributed by atoms with E-state index in [2.05, 4.69) is 11.8 Å². The molecule has 0 bridgehead atoms. The molecule has 0 amide bonds. The van der Waals surface area contributed by atoms with Crippen LogP contribution in [0.4, 0.5) is 13.2 Å². The molecule has 1 rings (SSSR count). The normalized spacial score (nSPS) is 16.2. The molecule has 0 aromatic rings. The molecule has 1 aliphatic rings. The molecule has 1 N–H and O–H groups in total. The monoisotopic (exact) mass is 311 g/mol. The van der Waals surface area contributed by atoms with Gasteiger partial charge in [0, 0.05) is 0 Å². The number of aliphatic carboxylic acids is 1. The van der Waals surface area contributed by atoms with Crippen LogP contribution in [0.5, 0.6) is 0 Å². The van der Waals surface area contributed by atoms with Crippen molar-refractivity contribution in [2.45, 2.75) is 70.9 Å². The molecule has 0 radical (unpaired) electrons. The Morgan fingerprint density at radius 3 is 1.95 bits per heavy atom. The van der Waals surface area contributed by atoms with Crippen molar-refractivity contribution >= 4 is 5.97 Å². The van der Waals surface area contributed by atoms with Crippen molar-refractivity contribution in [3.05, 3.63) is 0 Å². The maximum absolute atomic E-state index is 10.6. The van der Waals surface area contributed by atoms with Crippen LogP contribution < -0.4 is 0 Å². The highest BCUT2D eigenvalue weighted by Gasteiger charge is 2.38. The minimum absolute atomic E-state index is 1.37. The smallest absolute Gasteiger partial charge is 0.475 e. The summed E-state index contributed by atoms with van der Waals surface area (Å²) in [7, 11) is 0. The minimum atomic E-state index is -5.08. The van der Waals surface area contributed by atoms with Gasteiger partial charge in [-0.15, -0.1) is 0 Å². The Morgan fingerprint density at radius 1 is 1.00 bits per heavy atom. The third-order valence-corrected chi connectivity index (χ3v) is 3.52. The van der Waals surface area contributed by atoms with E-state index < -0.39 is 12.1 Å². The Hall–Kier alpha value is -0.780. The molecule has 1 saturated heterocycles. The fourth-order valence-electron chi connectivity index (χ4n) is 2.30. The molecule has 0 aromatic carbocycles. The van der Waals surface area contributed by atoms with Gasteiger partial charge in [-0.2, -0.15) is 13.2 Å². The molecule has 0 atom stereocenters. The molecular formula is C15H28F3NO2. The highest BCUT2D eigenvalue weighted by Crippen LogP contribution is 2.13. The van der Waals surface area contributed by atoms with Gasteiger partial charge < -0.3 is 10.0 Å². The van der Waals surface area contributed by atoms with Crippen LogP contribution in [0.25, 0.3) is 0 Å². The lowest BCUT2D eigenvalue weighted by Crippen LogP contribution is -2.30. The first-order chi connectivity index (χ1) is 9.88. The van der Waals surface area contributed by atoms with Gasteiger partial charge in [0.2, 0.25) is 0 Å². The summed E-state index contributed by atoms with van der Waals surface area (Å²) < 4.78 is 31.7. The summed E-state index contributed by atoms with van der Waals surface area (Å²) >= 11 is 0. The maximum Gasteiger partial charge on any atom is 0.490 e. The van der Waals surface area contributed by atoms with Crippen LogP contribution in [-0.4, -0.2) is 41.8 Å². The van der Waals surface area contributed by atoms with Crippen LogP contribution in [0.15, 0.2) is 0 Å². The lowest BCUT2D eigenvalue weighted by Gasteiger charge is -2.26. The molecule has 0 spiro atoms. The van der Waals surface area contributed by atoms with E-state index in [1.54, 1.807) is 0 Å². The Bertz CT molecular complexity index is 264. The Kier molecular flexibility index (Phi) is 11.4.